The molecule has 1 aromatic carbocycles. The summed E-state index contributed by atoms with van der Waals surface area (Å²) < 4.78 is 1.10. The number of hydrogen-bond acceptors (Lipinski definition) is 2. The lowest BCUT2D eigenvalue weighted by Gasteiger charge is -2.32. The van der Waals surface area contributed by atoms with Gasteiger partial charge in [-0.3, -0.25) is 4.79 Å². The first-order valence-corrected chi connectivity index (χ1v) is 7.67. The van der Waals surface area contributed by atoms with Gasteiger partial charge < -0.3 is 9.80 Å². The number of rotatable bonds is 2. The van der Waals surface area contributed by atoms with Gasteiger partial charge in [-0.2, -0.15) is 0 Å². The second-order valence-corrected chi connectivity index (χ2v) is 6.55. The van der Waals surface area contributed by atoms with Crippen molar-refractivity contribution in [2.24, 2.45) is 5.92 Å². The Hall–Kier alpha value is -0.870. The second-order valence-electron chi connectivity index (χ2n) is 5.63. The Morgan fingerprint density at radius 2 is 2.00 bits per heavy atom. The van der Waals surface area contributed by atoms with Crippen LogP contribution >= 0.6 is 15.9 Å². The minimum Gasteiger partial charge on any atom is -0.340 e. The lowest BCUT2D eigenvalue weighted by atomic mass is 10.1. The molecular weight excluding hydrogens is 304 g/mol. The summed E-state index contributed by atoms with van der Waals surface area (Å²) in [5, 5.41) is 0. The number of carbonyl (C=O) groups excluding carboxylic acids is 1. The molecular formula is C15H19BrN2O. The van der Waals surface area contributed by atoms with Crippen LogP contribution in [0.15, 0.2) is 28.7 Å². The Labute approximate surface area is 122 Å². The van der Waals surface area contributed by atoms with Gasteiger partial charge in [0.2, 0.25) is 5.91 Å². The SMILES string of the molecule is CN1CCN(C(=O)[C@@H]2C[C@@H]2c2cccc(Br)c2)CC1. The molecule has 1 aliphatic heterocycles. The number of hydrogen-bond donors (Lipinski definition) is 0. The van der Waals surface area contributed by atoms with Crippen LogP contribution in [0.4, 0.5) is 0 Å². The van der Waals surface area contributed by atoms with E-state index in [9.17, 15) is 4.79 Å². The molecule has 3 rings (SSSR count). The molecule has 1 heterocycles. The van der Waals surface area contributed by atoms with Crippen LogP contribution in [0.3, 0.4) is 0 Å². The number of nitrogens with zero attached hydrogens (tertiary/aromatic N) is 2. The number of likely N-dealkylation sites (N-methyl/N-ethyl adjacent to an activating group) is 1. The molecule has 1 aliphatic carbocycles. The van der Waals surface area contributed by atoms with Gasteiger partial charge >= 0.3 is 0 Å². The van der Waals surface area contributed by atoms with E-state index in [4.69, 9.17) is 0 Å². The third-order valence-electron chi connectivity index (χ3n) is 4.20. The van der Waals surface area contributed by atoms with Crippen molar-refractivity contribution >= 4 is 21.8 Å². The molecule has 0 N–H and O–H groups in total. The van der Waals surface area contributed by atoms with Gasteiger partial charge in [-0.15, -0.1) is 0 Å². The Morgan fingerprint density at radius 1 is 1.26 bits per heavy atom. The highest BCUT2D eigenvalue weighted by atomic mass is 79.9. The maximum atomic E-state index is 12.4. The van der Waals surface area contributed by atoms with Crippen LogP contribution in [-0.2, 0) is 4.79 Å². The van der Waals surface area contributed by atoms with Crippen molar-refractivity contribution in [3.63, 3.8) is 0 Å². The minimum absolute atomic E-state index is 0.220. The van der Waals surface area contributed by atoms with Crippen molar-refractivity contribution in [2.45, 2.75) is 12.3 Å². The Kier molecular flexibility index (Phi) is 3.63. The van der Waals surface area contributed by atoms with Crippen molar-refractivity contribution < 1.29 is 4.79 Å². The third kappa shape index (κ3) is 2.84. The molecule has 1 amide bonds. The summed E-state index contributed by atoms with van der Waals surface area (Å²) in [6.07, 6.45) is 1.02. The van der Waals surface area contributed by atoms with Crippen LogP contribution in [0.25, 0.3) is 0 Å². The molecule has 2 fully saturated rings. The lowest BCUT2D eigenvalue weighted by molar-refractivity contribution is -0.134. The van der Waals surface area contributed by atoms with Gasteiger partial charge in [-0.25, -0.2) is 0 Å². The van der Waals surface area contributed by atoms with E-state index in [-0.39, 0.29) is 5.92 Å². The van der Waals surface area contributed by atoms with Gasteiger partial charge in [0.25, 0.3) is 0 Å². The Balaban J connectivity index is 1.62. The fourth-order valence-electron chi connectivity index (χ4n) is 2.83. The summed E-state index contributed by atoms with van der Waals surface area (Å²) in [5.41, 5.74) is 1.29. The summed E-state index contributed by atoms with van der Waals surface area (Å²) in [6, 6.07) is 8.35. The predicted octanol–water partition coefficient (Wildman–Crippen LogP) is 2.33. The van der Waals surface area contributed by atoms with E-state index in [1.807, 2.05) is 11.0 Å². The molecule has 4 heteroatoms. The lowest BCUT2D eigenvalue weighted by Crippen LogP contribution is -2.47. The zero-order valence-corrected chi connectivity index (χ0v) is 12.8. The monoisotopic (exact) mass is 322 g/mol. The molecule has 1 aromatic rings. The van der Waals surface area contributed by atoms with Crippen LogP contribution in [0.2, 0.25) is 0 Å². The summed E-state index contributed by atoms with van der Waals surface area (Å²) in [7, 11) is 2.11. The van der Waals surface area contributed by atoms with Crippen LogP contribution in [-0.4, -0.2) is 48.9 Å². The Morgan fingerprint density at radius 3 is 2.68 bits per heavy atom. The van der Waals surface area contributed by atoms with E-state index >= 15 is 0 Å². The molecule has 0 radical (unpaired) electrons. The normalized spacial score (nSPS) is 27.4. The molecule has 19 heavy (non-hydrogen) atoms. The largest absolute Gasteiger partial charge is 0.340 e. The smallest absolute Gasteiger partial charge is 0.226 e. The number of piperazine rings is 1. The maximum absolute atomic E-state index is 12.4. The first-order valence-electron chi connectivity index (χ1n) is 6.88. The minimum atomic E-state index is 0.220. The molecule has 0 bridgehead atoms. The molecule has 3 nitrogen and oxygen atoms in total. The zero-order valence-electron chi connectivity index (χ0n) is 11.2. The van der Waals surface area contributed by atoms with Gasteiger partial charge in [-0.1, -0.05) is 28.1 Å². The van der Waals surface area contributed by atoms with Crippen LogP contribution in [0, 0.1) is 5.92 Å². The van der Waals surface area contributed by atoms with E-state index in [1.165, 1.54) is 5.56 Å². The van der Waals surface area contributed by atoms with Crippen LogP contribution < -0.4 is 0 Å². The quantitative estimate of drug-likeness (QED) is 0.834. The van der Waals surface area contributed by atoms with Gasteiger partial charge in [-0.05, 0) is 37.1 Å². The van der Waals surface area contributed by atoms with Gasteiger partial charge in [0, 0.05) is 36.6 Å². The molecule has 1 saturated heterocycles. The average Bonchev–Trinajstić information content (AvgIpc) is 3.19. The van der Waals surface area contributed by atoms with Gasteiger partial charge in [0.1, 0.15) is 0 Å². The zero-order chi connectivity index (χ0) is 13.4. The topological polar surface area (TPSA) is 23.6 Å². The first-order chi connectivity index (χ1) is 9.15. The highest BCUT2D eigenvalue weighted by Crippen LogP contribution is 2.48. The van der Waals surface area contributed by atoms with Gasteiger partial charge in [0.05, 0.1) is 0 Å². The summed E-state index contributed by atoms with van der Waals surface area (Å²) in [6.45, 7) is 3.77. The molecule has 1 saturated carbocycles. The van der Waals surface area contributed by atoms with E-state index in [0.29, 0.717) is 11.8 Å². The van der Waals surface area contributed by atoms with E-state index in [1.54, 1.807) is 0 Å². The van der Waals surface area contributed by atoms with Crippen molar-refractivity contribution in [3.05, 3.63) is 34.3 Å². The van der Waals surface area contributed by atoms with Crippen LogP contribution in [0.1, 0.15) is 17.9 Å². The van der Waals surface area contributed by atoms with Crippen molar-refractivity contribution in [2.75, 3.05) is 33.2 Å². The number of halogens is 1. The van der Waals surface area contributed by atoms with E-state index in [0.717, 1.165) is 37.1 Å². The fourth-order valence-corrected chi connectivity index (χ4v) is 3.25. The molecule has 0 aromatic heterocycles. The first kappa shape index (κ1) is 13.1. The maximum Gasteiger partial charge on any atom is 0.226 e. The standard InChI is InChI=1S/C15H19BrN2O/c1-17-5-7-18(8-6-17)15(19)14-10-13(14)11-3-2-4-12(16)9-11/h2-4,9,13-14H,5-8,10H2,1H3/t13-,14-/m1/s1. The predicted molar refractivity (Wildman–Crippen MR) is 79.1 cm³/mol. The number of carbonyl (C=O) groups is 1. The van der Waals surface area contributed by atoms with Crippen molar-refractivity contribution in [3.8, 4) is 0 Å². The van der Waals surface area contributed by atoms with Crippen LogP contribution in [0.5, 0.6) is 0 Å². The summed E-state index contributed by atoms with van der Waals surface area (Å²) in [5.74, 6) is 1.01. The van der Waals surface area contributed by atoms with Crippen molar-refractivity contribution in [1.29, 1.82) is 0 Å². The van der Waals surface area contributed by atoms with Crippen molar-refractivity contribution in [1.82, 2.24) is 9.80 Å². The van der Waals surface area contributed by atoms with E-state index in [2.05, 4.69) is 46.1 Å². The van der Waals surface area contributed by atoms with E-state index < -0.39 is 0 Å². The average molecular weight is 323 g/mol. The molecule has 0 unspecified atom stereocenters. The highest BCUT2D eigenvalue weighted by molar-refractivity contribution is 9.10. The third-order valence-corrected chi connectivity index (χ3v) is 4.69. The highest BCUT2D eigenvalue weighted by Gasteiger charge is 2.45. The molecule has 2 atom stereocenters. The Bertz CT molecular complexity index is 483. The molecule has 2 aliphatic rings. The second kappa shape index (κ2) is 5.25. The number of benzene rings is 1. The summed E-state index contributed by atoms with van der Waals surface area (Å²) >= 11 is 3.50. The molecule has 0 spiro atoms. The summed E-state index contributed by atoms with van der Waals surface area (Å²) in [4.78, 5) is 16.8. The molecule has 102 valence electrons. The fraction of sp³-hybridized carbons (Fsp3) is 0.533. The van der Waals surface area contributed by atoms with Gasteiger partial charge in [0.15, 0.2) is 0 Å². The number of amides is 1.